The number of rotatable bonds is 4. The van der Waals surface area contributed by atoms with Gasteiger partial charge in [-0.15, -0.1) is 0 Å². The highest BCUT2D eigenvalue weighted by Crippen LogP contribution is 2.30. The SMILES string of the molecule is Cc1ccc(C)c(Nc2ncnc(N3CCN(c4ccccn4)CC3)c2N)c1. The molecule has 0 atom stereocenters. The molecule has 0 saturated carbocycles. The van der Waals surface area contributed by atoms with Gasteiger partial charge in [0, 0.05) is 38.1 Å². The normalized spacial score (nSPS) is 14.2. The molecular weight excluding hydrogens is 350 g/mol. The van der Waals surface area contributed by atoms with Gasteiger partial charge in [-0.3, -0.25) is 0 Å². The Balaban J connectivity index is 1.50. The Morgan fingerprint density at radius 2 is 1.71 bits per heavy atom. The van der Waals surface area contributed by atoms with E-state index in [9.17, 15) is 0 Å². The minimum Gasteiger partial charge on any atom is -0.393 e. The number of pyridine rings is 1. The Morgan fingerprint density at radius 3 is 2.46 bits per heavy atom. The predicted molar refractivity (Wildman–Crippen MR) is 114 cm³/mol. The van der Waals surface area contributed by atoms with Gasteiger partial charge in [0.2, 0.25) is 0 Å². The summed E-state index contributed by atoms with van der Waals surface area (Å²) in [5.74, 6) is 2.43. The Bertz CT molecular complexity index is 950. The molecule has 0 bridgehead atoms. The van der Waals surface area contributed by atoms with Gasteiger partial charge in [0.25, 0.3) is 0 Å². The van der Waals surface area contributed by atoms with Crippen LogP contribution in [0.2, 0.25) is 0 Å². The summed E-state index contributed by atoms with van der Waals surface area (Å²) in [6, 6.07) is 12.3. The maximum Gasteiger partial charge on any atom is 0.159 e. The summed E-state index contributed by atoms with van der Waals surface area (Å²) < 4.78 is 0. The van der Waals surface area contributed by atoms with E-state index in [1.807, 2.05) is 24.4 Å². The molecule has 0 spiro atoms. The van der Waals surface area contributed by atoms with E-state index in [4.69, 9.17) is 5.73 Å². The first-order chi connectivity index (χ1) is 13.6. The highest BCUT2D eigenvalue weighted by atomic mass is 15.3. The number of piperazine rings is 1. The molecule has 2 aromatic heterocycles. The van der Waals surface area contributed by atoms with E-state index in [1.54, 1.807) is 6.33 Å². The van der Waals surface area contributed by atoms with E-state index in [2.05, 4.69) is 62.1 Å². The summed E-state index contributed by atoms with van der Waals surface area (Å²) in [5.41, 5.74) is 10.4. The van der Waals surface area contributed by atoms with Gasteiger partial charge in [-0.05, 0) is 43.2 Å². The molecule has 7 nitrogen and oxygen atoms in total. The number of hydrogen-bond acceptors (Lipinski definition) is 7. The number of benzene rings is 1. The van der Waals surface area contributed by atoms with Crippen LogP contribution in [0.4, 0.5) is 28.8 Å². The molecule has 7 heteroatoms. The third-order valence-electron chi connectivity index (χ3n) is 5.06. The van der Waals surface area contributed by atoms with Gasteiger partial charge < -0.3 is 20.9 Å². The quantitative estimate of drug-likeness (QED) is 0.725. The van der Waals surface area contributed by atoms with Crippen LogP contribution >= 0.6 is 0 Å². The highest BCUT2D eigenvalue weighted by Gasteiger charge is 2.22. The lowest BCUT2D eigenvalue weighted by Crippen LogP contribution is -2.47. The molecule has 4 rings (SSSR count). The number of nitrogens with two attached hydrogens (primary N) is 1. The lowest BCUT2D eigenvalue weighted by atomic mass is 10.1. The van der Waals surface area contributed by atoms with Crippen molar-refractivity contribution in [3.8, 4) is 0 Å². The summed E-state index contributed by atoms with van der Waals surface area (Å²) in [4.78, 5) is 17.8. The Labute approximate surface area is 165 Å². The van der Waals surface area contributed by atoms with Crippen LogP contribution in [0.3, 0.4) is 0 Å². The van der Waals surface area contributed by atoms with E-state index in [-0.39, 0.29) is 0 Å². The predicted octanol–water partition coefficient (Wildman–Crippen LogP) is 3.14. The number of aromatic nitrogens is 3. The van der Waals surface area contributed by atoms with Crippen LogP contribution in [0.1, 0.15) is 11.1 Å². The van der Waals surface area contributed by atoms with E-state index < -0.39 is 0 Å². The summed E-state index contributed by atoms with van der Waals surface area (Å²) in [5, 5.41) is 3.37. The van der Waals surface area contributed by atoms with Gasteiger partial charge in [0.05, 0.1) is 0 Å². The van der Waals surface area contributed by atoms with Crippen molar-refractivity contribution in [2.45, 2.75) is 13.8 Å². The van der Waals surface area contributed by atoms with E-state index in [0.717, 1.165) is 49.1 Å². The number of nitrogens with one attached hydrogen (secondary N) is 1. The van der Waals surface area contributed by atoms with Gasteiger partial charge in [-0.1, -0.05) is 18.2 Å². The molecule has 0 amide bonds. The third kappa shape index (κ3) is 3.69. The molecule has 0 aliphatic carbocycles. The molecule has 1 aromatic carbocycles. The second-order valence-electron chi connectivity index (χ2n) is 7.06. The number of nitrogens with zero attached hydrogens (tertiary/aromatic N) is 5. The zero-order valence-electron chi connectivity index (χ0n) is 16.3. The first-order valence-electron chi connectivity index (χ1n) is 9.47. The maximum absolute atomic E-state index is 6.44. The zero-order chi connectivity index (χ0) is 19.5. The summed E-state index contributed by atoms with van der Waals surface area (Å²) in [7, 11) is 0. The smallest absolute Gasteiger partial charge is 0.159 e. The Kier molecular flexibility index (Phi) is 4.97. The van der Waals surface area contributed by atoms with Crippen LogP contribution in [-0.2, 0) is 0 Å². The molecule has 3 aromatic rings. The Hall–Kier alpha value is -3.35. The van der Waals surface area contributed by atoms with Crippen molar-refractivity contribution in [3.05, 3.63) is 60.0 Å². The first kappa shape index (κ1) is 18.0. The standard InChI is InChI=1S/C21H25N7/c1-15-6-7-16(2)17(13-15)26-20-19(22)21(25-14-24-20)28-11-9-27(10-12-28)18-5-3-4-8-23-18/h3-8,13-14H,9-12,22H2,1-2H3,(H,24,25,26). The summed E-state index contributed by atoms with van der Waals surface area (Å²) in [6.45, 7) is 7.55. The number of hydrogen-bond donors (Lipinski definition) is 2. The van der Waals surface area contributed by atoms with Crippen LogP contribution < -0.4 is 20.9 Å². The van der Waals surface area contributed by atoms with Gasteiger partial charge in [0.15, 0.2) is 11.6 Å². The molecule has 1 fully saturated rings. The molecule has 3 heterocycles. The van der Waals surface area contributed by atoms with Crippen molar-refractivity contribution >= 4 is 28.8 Å². The lowest BCUT2D eigenvalue weighted by Gasteiger charge is -2.36. The fourth-order valence-corrected chi connectivity index (χ4v) is 3.42. The summed E-state index contributed by atoms with van der Waals surface area (Å²) in [6.07, 6.45) is 3.40. The fourth-order valence-electron chi connectivity index (χ4n) is 3.42. The molecule has 3 N–H and O–H groups in total. The minimum absolute atomic E-state index is 0.578. The largest absolute Gasteiger partial charge is 0.393 e. The molecule has 28 heavy (non-hydrogen) atoms. The summed E-state index contributed by atoms with van der Waals surface area (Å²) >= 11 is 0. The number of aryl methyl sites for hydroxylation is 2. The van der Waals surface area contributed by atoms with Crippen molar-refractivity contribution in [1.29, 1.82) is 0 Å². The topological polar surface area (TPSA) is 83.2 Å². The van der Waals surface area contributed by atoms with Gasteiger partial charge in [0.1, 0.15) is 17.8 Å². The van der Waals surface area contributed by atoms with Crippen molar-refractivity contribution < 1.29 is 0 Å². The van der Waals surface area contributed by atoms with Crippen molar-refractivity contribution in [1.82, 2.24) is 15.0 Å². The average molecular weight is 375 g/mol. The van der Waals surface area contributed by atoms with E-state index >= 15 is 0 Å². The molecule has 1 aliphatic heterocycles. The lowest BCUT2D eigenvalue weighted by molar-refractivity contribution is 0.642. The maximum atomic E-state index is 6.44. The second kappa shape index (κ2) is 7.72. The van der Waals surface area contributed by atoms with Gasteiger partial charge >= 0.3 is 0 Å². The number of nitrogen functional groups attached to an aromatic ring is 1. The van der Waals surface area contributed by atoms with Gasteiger partial charge in [-0.2, -0.15) is 0 Å². The van der Waals surface area contributed by atoms with Crippen LogP contribution in [0.25, 0.3) is 0 Å². The van der Waals surface area contributed by atoms with Crippen LogP contribution in [-0.4, -0.2) is 41.1 Å². The van der Waals surface area contributed by atoms with Crippen LogP contribution in [0, 0.1) is 13.8 Å². The van der Waals surface area contributed by atoms with Crippen LogP contribution in [0.15, 0.2) is 48.9 Å². The minimum atomic E-state index is 0.578. The van der Waals surface area contributed by atoms with E-state index in [1.165, 1.54) is 5.56 Å². The molecule has 1 saturated heterocycles. The van der Waals surface area contributed by atoms with Crippen molar-refractivity contribution in [2.24, 2.45) is 0 Å². The van der Waals surface area contributed by atoms with E-state index in [0.29, 0.717) is 11.5 Å². The molecule has 0 unspecified atom stereocenters. The molecule has 144 valence electrons. The second-order valence-corrected chi connectivity index (χ2v) is 7.06. The first-order valence-corrected chi connectivity index (χ1v) is 9.47. The highest BCUT2D eigenvalue weighted by molar-refractivity contribution is 5.79. The zero-order valence-corrected chi connectivity index (χ0v) is 16.3. The van der Waals surface area contributed by atoms with Gasteiger partial charge in [-0.25, -0.2) is 15.0 Å². The third-order valence-corrected chi connectivity index (χ3v) is 5.06. The molecule has 1 aliphatic rings. The number of anilines is 5. The Morgan fingerprint density at radius 1 is 0.929 bits per heavy atom. The molecule has 0 radical (unpaired) electrons. The van der Waals surface area contributed by atoms with Crippen molar-refractivity contribution in [2.75, 3.05) is 47.0 Å². The van der Waals surface area contributed by atoms with Crippen LogP contribution in [0.5, 0.6) is 0 Å². The fraction of sp³-hybridized carbons (Fsp3) is 0.286. The van der Waals surface area contributed by atoms with Crippen molar-refractivity contribution in [3.63, 3.8) is 0 Å². The monoisotopic (exact) mass is 375 g/mol. The molecular formula is C21H25N7. The average Bonchev–Trinajstić information content (AvgIpc) is 2.73.